The lowest BCUT2D eigenvalue weighted by atomic mass is 9.95. The van der Waals surface area contributed by atoms with Crippen LogP contribution in [0.15, 0.2) is 53.4 Å². The minimum absolute atomic E-state index is 0.165. The molecule has 0 bridgehead atoms. The molecule has 29 heavy (non-hydrogen) atoms. The molecule has 1 saturated heterocycles. The quantitative estimate of drug-likeness (QED) is 0.683. The average Bonchev–Trinajstić information content (AvgIpc) is 2.68. The molecule has 5 nitrogen and oxygen atoms in total. The van der Waals surface area contributed by atoms with Crippen molar-refractivity contribution in [3.8, 4) is 5.75 Å². The number of aliphatic hydroxyl groups is 1. The van der Waals surface area contributed by atoms with Gasteiger partial charge in [-0.2, -0.15) is 0 Å². The van der Waals surface area contributed by atoms with Gasteiger partial charge in [-0.15, -0.1) is 0 Å². The van der Waals surface area contributed by atoms with E-state index in [9.17, 15) is 13.5 Å². The van der Waals surface area contributed by atoms with Crippen LogP contribution in [0.1, 0.15) is 24.8 Å². The fourth-order valence-electron chi connectivity index (χ4n) is 3.77. The van der Waals surface area contributed by atoms with Crippen molar-refractivity contribution in [2.24, 2.45) is 0 Å². The predicted octanol–water partition coefficient (Wildman–Crippen LogP) is 3.58. The molecule has 0 radical (unpaired) electrons. The Bertz CT molecular complexity index is 901. The molecule has 2 aromatic rings. The van der Waals surface area contributed by atoms with Gasteiger partial charge in [-0.3, -0.25) is 4.90 Å². The third-order valence-corrected chi connectivity index (χ3v) is 6.61. The summed E-state index contributed by atoms with van der Waals surface area (Å²) in [6.07, 6.45) is 4.90. The Morgan fingerprint density at radius 3 is 2.66 bits per heavy atom. The highest BCUT2D eigenvalue weighted by molar-refractivity contribution is 7.90. The maximum Gasteiger partial charge on any atom is 0.175 e. The van der Waals surface area contributed by atoms with Crippen molar-refractivity contribution in [1.82, 2.24) is 4.90 Å². The summed E-state index contributed by atoms with van der Waals surface area (Å²) >= 11 is 6.11. The molecule has 0 aromatic heterocycles. The number of ether oxygens (including phenoxy) is 1. The maximum absolute atomic E-state index is 11.5. The summed E-state index contributed by atoms with van der Waals surface area (Å²) in [4.78, 5) is 2.59. The molecule has 7 heteroatoms. The zero-order chi connectivity index (χ0) is 20.9. The van der Waals surface area contributed by atoms with Gasteiger partial charge in [0.05, 0.1) is 4.90 Å². The topological polar surface area (TPSA) is 66.8 Å². The van der Waals surface area contributed by atoms with Crippen LogP contribution in [0.5, 0.6) is 5.75 Å². The average molecular weight is 438 g/mol. The Hall–Kier alpha value is -1.60. The summed E-state index contributed by atoms with van der Waals surface area (Å²) in [5.74, 6) is 0.547. The number of nitrogens with zero attached hydrogens (tertiary/aromatic N) is 1. The molecule has 1 heterocycles. The number of sulfone groups is 1. The number of hydrogen-bond acceptors (Lipinski definition) is 5. The van der Waals surface area contributed by atoms with Crippen LogP contribution in [0.3, 0.4) is 0 Å². The number of β-amino-alcohol motifs (C(OH)–C–C–N with tert-alkyl or cyclic N) is 1. The number of benzene rings is 2. The molecule has 1 aliphatic rings. The number of rotatable bonds is 8. The fraction of sp³-hybridized carbons (Fsp3) is 0.455. The summed E-state index contributed by atoms with van der Waals surface area (Å²) in [6, 6.07) is 14.6. The normalized spacial score (nSPS) is 19.1. The molecule has 2 aromatic carbocycles. The first kappa shape index (κ1) is 22.1. The van der Waals surface area contributed by atoms with Gasteiger partial charge < -0.3 is 9.84 Å². The lowest BCUT2D eigenvalue weighted by Gasteiger charge is -2.37. The van der Waals surface area contributed by atoms with E-state index in [0.717, 1.165) is 30.8 Å². The van der Waals surface area contributed by atoms with Gasteiger partial charge in [0.15, 0.2) is 9.84 Å². The van der Waals surface area contributed by atoms with Gasteiger partial charge >= 0.3 is 0 Å². The number of aliphatic hydroxyl groups excluding tert-OH is 1. The van der Waals surface area contributed by atoms with E-state index in [-0.39, 0.29) is 11.5 Å². The first-order valence-electron chi connectivity index (χ1n) is 9.91. The van der Waals surface area contributed by atoms with E-state index >= 15 is 0 Å². The molecule has 158 valence electrons. The van der Waals surface area contributed by atoms with E-state index in [0.29, 0.717) is 18.3 Å². The van der Waals surface area contributed by atoms with Crippen molar-refractivity contribution in [1.29, 1.82) is 0 Å². The maximum atomic E-state index is 11.5. The zero-order valence-corrected chi connectivity index (χ0v) is 18.2. The van der Waals surface area contributed by atoms with E-state index in [4.69, 9.17) is 16.3 Å². The molecule has 1 aliphatic heterocycles. The second-order valence-corrected chi connectivity index (χ2v) is 10.1. The van der Waals surface area contributed by atoms with Crippen molar-refractivity contribution >= 4 is 21.4 Å². The molecule has 0 spiro atoms. The summed E-state index contributed by atoms with van der Waals surface area (Å²) < 4.78 is 28.7. The Morgan fingerprint density at radius 2 is 1.97 bits per heavy atom. The predicted molar refractivity (Wildman–Crippen MR) is 115 cm³/mol. The van der Waals surface area contributed by atoms with Gasteiger partial charge in [0.1, 0.15) is 18.5 Å². The molecule has 0 aliphatic carbocycles. The molecule has 3 rings (SSSR count). The Balaban J connectivity index is 1.53. The van der Waals surface area contributed by atoms with Crippen molar-refractivity contribution in [2.45, 2.75) is 42.7 Å². The number of likely N-dealkylation sites (tertiary alicyclic amines) is 1. The highest BCUT2D eigenvalue weighted by Gasteiger charge is 2.25. The summed E-state index contributed by atoms with van der Waals surface area (Å²) in [7, 11) is -3.22. The molecular weight excluding hydrogens is 410 g/mol. The lowest BCUT2D eigenvalue weighted by molar-refractivity contribution is 0.0397. The van der Waals surface area contributed by atoms with Crippen LogP contribution in [0.25, 0.3) is 0 Å². The van der Waals surface area contributed by atoms with Crippen molar-refractivity contribution in [3.05, 3.63) is 59.1 Å². The first-order valence-corrected chi connectivity index (χ1v) is 12.2. The lowest BCUT2D eigenvalue weighted by Crippen LogP contribution is -2.46. The van der Waals surface area contributed by atoms with Crippen molar-refractivity contribution in [2.75, 3.05) is 26.0 Å². The van der Waals surface area contributed by atoms with Gasteiger partial charge in [-0.05, 0) is 67.8 Å². The van der Waals surface area contributed by atoms with Gasteiger partial charge in [-0.25, -0.2) is 8.42 Å². The van der Waals surface area contributed by atoms with E-state index in [2.05, 4.69) is 11.0 Å². The molecule has 2 atom stereocenters. The monoisotopic (exact) mass is 437 g/mol. The van der Waals surface area contributed by atoms with Crippen LogP contribution >= 0.6 is 11.6 Å². The molecule has 1 N–H and O–H groups in total. The van der Waals surface area contributed by atoms with Gasteiger partial charge in [0, 0.05) is 23.9 Å². The van der Waals surface area contributed by atoms with Gasteiger partial charge in [0.2, 0.25) is 0 Å². The van der Waals surface area contributed by atoms with Crippen LogP contribution in [-0.4, -0.2) is 56.5 Å². The molecule has 0 amide bonds. The van der Waals surface area contributed by atoms with E-state index < -0.39 is 15.9 Å². The van der Waals surface area contributed by atoms with Crippen LogP contribution in [-0.2, 0) is 16.3 Å². The van der Waals surface area contributed by atoms with Crippen LogP contribution < -0.4 is 4.74 Å². The molecule has 0 saturated carbocycles. The summed E-state index contributed by atoms with van der Waals surface area (Å²) in [5.41, 5.74) is 1.21. The first-order chi connectivity index (χ1) is 13.8. The Morgan fingerprint density at radius 1 is 1.21 bits per heavy atom. The summed E-state index contributed by atoms with van der Waals surface area (Å²) in [5, 5.41) is 11.2. The summed E-state index contributed by atoms with van der Waals surface area (Å²) in [6.45, 7) is 1.68. The Kier molecular flexibility index (Phi) is 7.57. The Labute approximate surface area is 178 Å². The van der Waals surface area contributed by atoms with Crippen molar-refractivity contribution in [3.63, 3.8) is 0 Å². The number of piperidine rings is 1. The minimum Gasteiger partial charge on any atom is -0.491 e. The smallest absolute Gasteiger partial charge is 0.175 e. The highest BCUT2D eigenvalue weighted by atomic mass is 35.5. The second-order valence-electron chi connectivity index (χ2n) is 7.69. The SMILES string of the molecule is CS(=O)(=O)c1ccc(OC[C@@H](O)CN2CCCC[C@H]2Cc2cccc(Cl)c2)cc1. The number of halogens is 1. The minimum atomic E-state index is -3.22. The van der Waals surface area contributed by atoms with Gasteiger partial charge in [-0.1, -0.05) is 30.2 Å². The van der Waals surface area contributed by atoms with Crippen LogP contribution in [0.4, 0.5) is 0 Å². The molecule has 0 unspecified atom stereocenters. The number of hydrogen-bond donors (Lipinski definition) is 1. The van der Waals surface area contributed by atoms with Crippen LogP contribution in [0.2, 0.25) is 5.02 Å². The largest absolute Gasteiger partial charge is 0.491 e. The van der Waals surface area contributed by atoms with Gasteiger partial charge in [0.25, 0.3) is 0 Å². The van der Waals surface area contributed by atoms with E-state index in [1.54, 1.807) is 12.1 Å². The van der Waals surface area contributed by atoms with E-state index in [1.165, 1.54) is 30.4 Å². The fourth-order valence-corrected chi connectivity index (χ4v) is 4.61. The second kappa shape index (κ2) is 9.94. The third-order valence-electron chi connectivity index (χ3n) is 5.25. The molecular formula is C22H28ClNO4S. The van der Waals surface area contributed by atoms with Crippen molar-refractivity contribution < 1.29 is 18.3 Å². The third kappa shape index (κ3) is 6.71. The standard InChI is InChI=1S/C22H28ClNO4S/c1-29(26,27)22-10-8-21(9-11-22)28-16-20(25)15-24-12-3-2-7-19(24)14-17-5-4-6-18(23)13-17/h4-6,8-11,13,19-20,25H,2-3,7,12,14-16H2,1H3/t19-,20-/m0/s1. The van der Waals surface area contributed by atoms with Crippen LogP contribution in [0, 0.1) is 0 Å². The molecule has 1 fully saturated rings. The highest BCUT2D eigenvalue weighted by Crippen LogP contribution is 2.23. The van der Waals surface area contributed by atoms with E-state index in [1.807, 2.05) is 18.2 Å². The zero-order valence-electron chi connectivity index (χ0n) is 16.6.